The van der Waals surface area contributed by atoms with Crippen LogP contribution in [0.25, 0.3) is 0 Å². The lowest BCUT2D eigenvalue weighted by Crippen LogP contribution is -2.17. The highest BCUT2D eigenvalue weighted by molar-refractivity contribution is 6.05. The Bertz CT molecular complexity index is 648. The van der Waals surface area contributed by atoms with Crippen molar-refractivity contribution in [3.05, 3.63) is 41.7 Å². The number of carboxylic acids is 1. The Morgan fingerprint density at radius 3 is 2.63 bits per heavy atom. The molecule has 1 aromatic carbocycles. The van der Waals surface area contributed by atoms with Gasteiger partial charge in [0.15, 0.2) is 0 Å². The average molecular weight is 260 g/mol. The lowest BCUT2D eigenvalue weighted by atomic mass is 10.1. The van der Waals surface area contributed by atoms with Gasteiger partial charge in [-0.2, -0.15) is 5.10 Å². The average Bonchev–Trinajstić information content (AvgIpc) is 2.77. The van der Waals surface area contributed by atoms with E-state index in [0.29, 0.717) is 11.4 Å². The Morgan fingerprint density at radius 1 is 1.37 bits per heavy atom. The smallest absolute Gasteiger partial charge is 0.335 e. The molecular formula is C12H12N4O3. The van der Waals surface area contributed by atoms with Crippen LogP contribution in [0.2, 0.25) is 0 Å². The first kappa shape index (κ1) is 12.6. The molecule has 0 saturated carbocycles. The Labute approximate surface area is 108 Å². The Balaban J connectivity index is 2.23. The maximum atomic E-state index is 11.9. The fourth-order valence-electron chi connectivity index (χ4n) is 1.59. The highest BCUT2D eigenvalue weighted by Gasteiger charge is 2.12. The third-order valence-corrected chi connectivity index (χ3v) is 2.60. The summed E-state index contributed by atoms with van der Waals surface area (Å²) in [7, 11) is 1.64. The van der Waals surface area contributed by atoms with Crippen molar-refractivity contribution in [2.75, 3.05) is 11.1 Å². The predicted molar refractivity (Wildman–Crippen MR) is 69.0 cm³/mol. The minimum absolute atomic E-state index is 0.0658. The maximum Gasteiger partial charge on any atom is 0.335 e. The van der Waals surface area contributed by atoms with E-state index < -0.39 is 5.97 Å². The lowest BCUT2D eigenvalue weighted by molar-refractivity contribution is 0.0697. The summed E-state index contributed by atoms with van der Waals surface area (Å²) in [6, 6.07) is 5.68. The summed E-state index contributed by atoms with van der Waals surface area (Å²) in [5, 5.41) is 15.3. The van der Waals surface area contributed by atoms with E-state index in [9.17, 15) is 9.59 Å². The van der Waals surface area contributed by atoms with Crippen LogP contribution >= 0.6 is 0 Å². The first-order chi connectivity index (χ1) is 8.99. The number of hydrogen-bond donors (Lipinski definition) is 3. The number of aryl methyl sites for hydroxylation is 1. The van der Waals surface area contributed by atoms with Gasteiger partial charge in [-0.25, -0.2) is 4.79 Å². The largest absolute Gasteiger partial charge is 0.478 e. The summed E-state index contributed by atoms with van der Waals surface area (Å²) in [5.41, 5.74) is 6.69. The van der Waals surface area contributed by atoms with Crippen LogP contribution in [0.5, 0.6) is 0 Å². The number of nitrogens with two attached hydrogens (primary N) is 1. The standard InChI is InChI=1S/C12H12N4O3/c1-16-10(4-5-14-16)11(17)15-9-3-2-7(12(18)19)6-8(9)13/h2-6H,13H2,1H3,(H,15,17)(H,18,19). The van der Waals surface area contributed by atoms with Crippen LogP contribution in [-0.2, 0) is 7.05 Å². The molecule has 0 aliphatic carbocycles. The van der Waals surface area contributed by atoms with E-state index in [1.807, 2.05) is 0 Å². The molecule has 0 bridgehead atoms. The number of benzene rings is 1. The number of carbonyl (C=O) groups excluding carboxylic acids is 1. The number of nitrogen functional groups attached to an aromatic ring is 1. The van der Waals surface area contributed by atoms with E-state index in [-0.39, 0.29) is 17.2 Å². The van der Waals surface area contributed by atoms with E-state index >= 15 is 0 Å². The summed E-state index contributed by atoms with van der Waals surface area (Å²) < 4.78 is 1.43. The topological polar surface area (TPSA) is 110 Å². The van der Waals surface area contributed by atoms with Gasteiger partial charge in [0.2, 0.25) is 0 Å². The second-order valence-corrected chi connectivity index (χ2v) is 3.90. The predicted octanol–water partition coefficient (Wildman–Crippen LogP) is 0.953. The van der Waals surface area contributed by atoms with Crippen LogP contribution in [0, 0.1) is 0 Å². The van der Waals surface area contributed by atoms with Crippen LogP contribution in [0.3, 0.4) is 0 Å². The van der Waals surface area contributed by atoms with Gasteiger partial charge in [0.1, 0.15) is 5.69 Å². The second kappa shape index (κ2) is 4.81. The Hall–Kier alpha value is -2.83. The molecule has 7 heteroatoms. The van der Waals surface area contributed by atoms with Crippen LogP contribution in [0.1, 0.15) is 20.8 Å². The van der Waals surface area contributed by atoms with Gasteiger partial charge < -0.3 is 16.2 Å². The fraction of sp³-hybridized carbons (Fsp3) is 0.0833. The fourth-order valence-corrected chi connectivity index (χ4v) is 1.59. The molecule has 98 valence electrons. The van der Waals surface area contributed by atoms with Gasteiger partial charge in [-0.05, 0) is 24.3 Å². The van der Waals surface area contributed by atoms with Gasteiger partial charge in [-0.1, -0.05) is 0 Å². The van der Waals surface area contributed by atoms with Gasteiger partial charge in [-0.15, -0.1) is 0 Å². The number of rotatable bonds is 3. The van der Waals surface area contributed by atoms with Crippen molar-refractivity contribution >= 4 is 23.3 Å². The van der Waals surface area contributed by atoms with E-state index in [4.69, 9.17) is 10.8 Å². The molecule has 2 aromatic rings. The SMILES string of the molecule is Cn1nccc1C(=O)Nc1ccc(C(=O)O)cc1N. The van der Waals surface area contributed by atoms with Crippen molar-refractivity contribution in [1.82, 2.24) is 9.78 Å². The molecule has 0 unspecified atom stereocenters. The molecule has 19 heavy (non-hydrogen) atoms. The Kier molecular flexibility index (Phi) is 3.19. The first-order valence-corrected chi connectivity index (χ1v) is 5.41. The number of hydrogen-bond acceptors (Lipinski definition) is 4. The number of aromatic nitrogens is 2. The number of carboxylic acid groups (broad SMARTS) is 1. The highest BCUT2D eigenvalue weighted by atomic mass is 16.4. The van der Waals surface area contributed by atoms with Gasteiger partial charge in [0.25, 0.3) is 5.91 Å². The molecule has 2 rings (SSSR count). The quantitative estimate of drug-likeness (QED) is 0.712. The Morgan fingerprint density at radius 2 is 2.11 bits per heavy atom. The first-order valence-electron chi connectivity index (χ1n) is 5.41. The van der Waals surface area contributed by atoms with Gasteiger partial charge in [0, 0.05) is 13.2 Å². The molecule has 0 radical (unpaired) electrons. The lowest BCUT2D eigenvalue weighted by Gasteiger charge is -2.08. The van der Waals surface area contributed by atoms with Crippen molar-refractivity contribution < 1.29 is 14.7 Å². The van der Waals surface area contributed by atoms with Gasteiger partial charge in [-0.3, -0.25) is 9.48 Å². The van der Waals surface area contributed by atoms with Gasteiger partial charge in [0.05, 0.1) is 16.9 Å². The second-order valence-electron chi connectivity index (χ2n) is 3.90. The van der Waals surface area contributed by atoms with Crippen molar-refractivity contribution in [3.8, 4) is 0 Å². The van der Waals surface area contributed by atoms with Crippen LogP contribution < -0.4 is 11.1 Å². The number of amides is 1. The molecule has 4 N–H and O–H groups in total. The minimum Gasteiger partial charge on any atom is -0.478 e. The van der Waals surface area contributed by atoms with E-state index in [1.54, 1.807) is 13.1 Å². The van der Waals surface area contributed by atoms with E-state index in [1.165, 1.54) is 29.1 Å². The van der Waals surface area contributed by atoms with E-state index in [0.717, 1.165) is 0 Å². The number of nitrogens with zero attached hydrogens (tertiary/aromatic N) is 2. The molecule has 7 nitrogen and oxygen atoms in total. The summed E-state index contributed by atoms with van der Waals surface area (Å²) in [4.78, 5) is 22.7. The molecule has 0 saturated heterocycles. The number of anilines is 2. The van der Waals surface area contributed by atoms with Crippen molar-refractivity contribution in [3.63, 3.8) is 0 Å². The number of carbonyl (C=O) groups is 2. The zero-order valence-corrected chi connectivity index (χ0v) is 10.1. The third kappa shape index (κ3) is 2.54. The maximum absolute atomic E-state index is 11.9. The minimum atomic E-state index is -1.07. The van der Waals surface area contributed by atoms with Crippen LogP contribution in [-0.4, -0.2) is 26.8 Å². The van der Waals surface area contributed by atoms with Crippen molar-refractivity contribution in [1.29, 1.82) is 0 Å². The summed E-state index contributed by atoms with van der Waals surface area (Å²) in [6.07, 6.45) is 1.51. The monoisotopic (exact) mass is 260 g/mol. The molecule has 0 aliphatic rings. The molecule has 1 aromatic heterocycles. The molecule has 1 heterocycles. The molecule has 0 aliphatic heterocycles. The van der Waals surface area contributed by atoms with Gasteiger partial charge >= 0.3 is 5.97 Å². The summed E-state index contributed by atoms with van der Waals surface area (Å²) in [6.45, 7) is 0. The van der Waals surface area contributed by atoms with Crippen molar-refractivity contribution in [2.45, 2.75) is 0 Å². The number of nitrogens with one attached hydrogen (secondary N) is 1. The molecule has 0 spiro atoms. The summed E-state index contributed by atoms with van der Waals surface area (Å²) >= 11 is 0. The van der Waals surface area contributed by atoms with Crippen molar-refractivity contribution in [2.24, 2.45) is 7.05 Å². The normalized spacial score (nSPS) is 10.2. The summed E-state index contributed by atoms with van der Waals surface area (Å²) in [5.74, 6) is -1.44. The van der Waals surface area contributed by atoms with Crippen LogP contribution in [0.15, 0.2) is 30.5 Å². The molecule has 0 fully saturated rings. The number of aromatic carboxylic acids is 1. The zero-order chi connectivity index (χ0) is 14.0. The molecule has 0 atom stereocenters. The molecular weight excluding hydrogens is 248 g/mol. The van der Waals surface area contributed by atoms with E-state index in [2.05, 4.69) is 10.4 Å². The highest BCUT2D eigenvalue weighted by Crippen LogP contribution is 2.20. The third-order valence-electron chi connectivity index (χ3n) is 2.60. The van der Waals surface area contributed by atoms with Crippen LogP contribution in [0.4, 0.5) is 11.4 Å². The zero-order valence-electron chi connectivity index (χ0n) is 10.1. The molecule has 1 amide bonds.